The Morgan fingerprint density at radius 3 is 0.786 bits per heavy atom. The molecule has 0 saturated carbocycles. The lowest BCUT2D eigenvalue weighted by Gasteiger charge is -2.24. The van der Waals surface area contributed by atoms with Gasteiger partial charge in [-0.05, 0) is 25.9 Å². The van der Waals surface area contributed by atoms with Gasteiger partial charge in [-0.3, -0.25) is 0 Å². The highest BCUT2D eigenvalue weighted by Gasteiger charge is 2.10. The van der Waals surface area contributed by atoms with Gasteiger partial charge in [-0.2, -0.15) is 0 Å². The standard InChI is InChI=1S/C39H81NO2/c1-3-5-7-9-11-13-15-17-19-21-23-25-27-29-31-33-35-40(37-39(42)38-41)36-34-32-30-28-26-24-22-20-18-16-14-12-10-8-6-4-2/h39,41-42H,3-38H2,1-2H3. The predicted octanol–water partition coefficient (Wildman–Crippen LogP) is 12.2. The van der Waals surface area contributed by atoms with Gasteiger partial charge in [-0.15, -0.1) is 0 Å². The zero-order valence-electron chi connectivity index (χ0n) is 29.4. The number of aliphatic hydroxyl groups is 2. The van der Waals surface area contributed by atoms with Crippen molar-refractivity contribution in [2.24, 2.45) is 0 Å². The van der Waals surface area contributed by atoms with E-state index in [9.17, 15) is 10.2 Å². The van der Waals surface area contributed by atoms with Crippen molar-refractivity contribution in [3.05, 3.63) is 0 Å². The summed E-state index contributed by atoms with van der Waals surface area (Å²) >= 11 is 0. The molecule has 0 rings (SSSR count). The van der Waals surface area contributed by atoms with Crippen LogP contribution in [0.5, 0.6) is 0 Å². The van der Waals surface area contributed by atoms with Crippen LogP contribution in [-0.2, 0) is 0 Å². The highest BCUT2D eigenvalue weighted by atomic mass is 16.3. The fourth-order valence-electron chi connectivity index (χ4n) is 6.42. The van der Waals surface area contributed by atoms with E-state index in [4.69, 9.17) is 0 Å². The second-order valence-electron chi connectivity index (χ2n) is 13.7. The van der Waals surface area contributed by atoms with E-state index >= 15 is 0 Å². The second-order valence-corrected chi connectivity index (χ2v) is 13.7. The lowest BCUT2D eigenvalue weighted by molar-refractivity contribution is 0.0579. The predicted molar refractivity (Wildman–Crippen MR) is 189 cm³/mol. The molecule has 0 amide bonds. The first-order valence-electron chi connectivity index (χ1n) is 19.8. The fraction of sp³-hybridized carbons (Fsp3) is 1.00. The lowest BCUT2D eigenvalue weighted by atomic mass is 10.0. The minimum Gasteiger partial charge on any atom is -0.394 e. The molecule has 0 bridgehead atoms. The maximum atomic E-state index is 10.0. The van der Waals surface area contributed by atoms with E-state index in [2.05, 4.69) is 18.7 Å². The molecule has 0 heterocycles. The Kier molecular flexibility index (Phi) is 37.0. The van der Waals surface area contributed by atoms with Crippen LogP contribution in [0.2, 0.25) is 0 Å². The Labute approximate surface area is 266 Å². The number of hydrogen-bond acceptors (Lipinski definition) is 3. The fourth-order valence-corrected chi connectivity index (χ4v) is 6.42. The van der Waals surface area contributed by atoms with Gasteiger partial charge in [0.2, 0.25) is 0 Å². The van der Waals surface area contributed by atoms with E-state index < -0.39 is 6.10 Å². The maximum absolute atomic E-state index is 10.0. The summed E-state index contributed by atoms with van der Waals surface area (Å²) in [6.45, 7) is 7.26. The van der Waals surface area contributed by atoms with Crippen LogP contribution in [-0.4, -0.2) is 47.5 Å². The summed E-state index contributed by atoms with van der Waals surface area (Å²) < 4.78 is 0. The van der Waals surface area contributed by atoms with Crippen molar-refractivity contribution in [2.45, 2.75) is 225 Å². The first-order chi connectivity index (χ1) is 20.7. The lowest BCUT2D eigenvalue weighted by Crippen LogP contribution is -2.35. The Bertz CT molecular complexity index is 435. The Morgan fingerprint density at radius 1 is 0.357 bits per heavy atom. The third-order valence-electron chi connectivity index (χ3n) is 9.34. The van der Waals surface area contributed by atoms with Crippen LogP contribution in [0.25, 0.3) is 0 Å². The SMILES string of the molecule is CCCCCCCCCCCCCCCCCCN(CCCCCCCCCCCCCCCCCC)CC(O)CO. The molecule has 1 atom stereocenters. The normalized spacial score (nSPS) is 12.5. The molecule has 254 valence electrons. The highest BCUT2D eigenvalue weighted by molar-refractivity contribution is 4.65. The Balaban J connectivity index is 3.55. The highest BCUT2D eigenvalue weighted by Crippen LogP contribution is 2.16. The maximum Gasteiger partial charge on any atom is 0.0897 e. The quantitative estimate of drug-likeness (QED) is 0.0702. The number of aliphatic hydroxyl groups excluding tert-OH is 2. The van der Waals surface area contributed by atoms with E-state index in [-0.39, 0.29) is 6.61 Å². The molecule has 0 aromatic heterocycles. The summed E-state index contributed by atoms with van der Waals surface area (Å²) in [6, 6.07) is 0. The van der Waals surface area contributed by atoms with Crippen LogP contribution >= 0.6 is 0 Å². The first-order valence-corrected chi connectivity index (χ1v) is 19.8. The van der Waals surface area contributed by atoms with Gasteiger partial charge in [0.25, 0.3) is 0 Å². The molecule has 3 heteroatoms. The number of nitrogens with zero attached hydrogens (tertiary/aromatic N) is 1. The number of unbranched alkanes of at least 4 members (excludes halogenated alkanes) is 30. The largest absolute Gasteiger partial charge is 0.394 e. The van der Waals surface area contributed by atoms with E-state index in [0.29, 0.717) is 6.54 Å². The van der Waals surface area contributed by atoms with Gasteiger partial charge < -0.3 is 15.1 Å². The molecule has 0 aliphatic heterocycles. The number of hydrogen-bond donors (Lipinski definition) is 2. The molecule has 2 N–H and O–H groups in total. The molecule has 1 unspecified atom stereocenters. The monoisotopic (exact) mass is 596 g/mol. The van der Waals surface area contributed by atoms with Crippen LogP contribution in [0, 0.1) is 0 Å². The molecule has 0 aliphatic rings. The van der Waals surface area contributed by atoms with Crippen LogP contribution in [0.15, 0.2) is 0 Å². The summed E-state index contributed by atoms with van der Waals surface area (Å²) in [5.74, 6) is 0. The van der Waals surface area contributed by atoms with Crippen molar-refractivity contribution in [1.29, 1.82) is 0 Å². The zero-order valence-corrected chi connectivity index (χ0v) is 29.4. The van der Waals surface area contributed by atoms with Gasteiger partial charge in [0.15, 0.2) is 0 Å². The van der Waals surface area contributed by atoms with Crippen LogP contribution in [0.1, 0.15) is 219 Å². The molecule has 0 aromatic carbocycles. The summed E-state index contributed by atoms with van der Waals surface area (Å²) in [5, 5.41) is 19.3. The average molecular weight is 596 g/mol. The molecule has 0 radical (unpaired) electrons. The molecule has 0 spiro atoms. The average Bonchev–Trinajstić information content (AvgIpc) is 3.00. The van der Waals surface area contributed by atoms with E-state index in [0.717, 1.165) is 13.1 Å². The molecule has 0 fully saturated rings. The van der Waals surface area contributed by atoms with Gasteiger partial charge in [0.05, 0.1) is 12.7 Å². The first kappa shape index (κ1) is 41.9. The molecule has 0 aliphatic carbocycles. The third kappa shape index (κ3) is 34.4. The smallest absolute Gasteiger partial charge is 0.0897 e. The Morgan fingerprint density at radius 2 is 0.571 bits per heavy atom. The van der Waals surface area contributed by atoms with E-state index in [1.807, 2.05) is 0 Å². The van der Waals surface area contributed by atoms with E-state index in [1.54, 1.807) is 0 Å². The summed E-state index contributed by atoms with van der Waals surface area (Å²) in [5.41, 5.74) is 0. The van der Waals surface area contributed by atoms with Crippen molar-refractivity contribution in [2.75, 3.05) is 26.2 Å². The molecule has 0 saturated heterocycles. The minimum atomic E-state index is -0.591. The van der Waals surface area contributed by atoms with Gasteiger partial charge in [0, 0.05) is 6.54 Å². The molecule has 3 nitrogen and oxygen atoms in total. The van der Waals surface area contributed by atoms with Crippen LogP contribution in [0.3, 0.4) is 0 Å². The van der Waals surface area contributed by atoms with Crippen LogP contribution < -0.4 is 0 Å². The van der Waals surface area contributed by atoms with Crippen LogP contribution in [0.4, 0.5) is 0 Å². The van der Waals surface area contributed by atoms with Gasteiger partial charge >= 0.3 is 0 Å². The summed E-state index contributed by atoms with van der Waals surface area (Å²) in [6.07, 6.45) is 44.3. The molecular formula is C39H81NO2. The van der Waals surface area contributed by atoms with E-state index in [1.165, 1.54) is 205 Å². The van der Waals surface area contributed by atoms with Gasteiger partial charge in [-0.25, -0.2) is 0 Å². The van der Waals surface area contributed by atoms with Crippen molar-refractivity contribution in [1.82, 2.24) is 4.90 Å². The molecule has 42 heavy (non-hydrogen) atoms. The van der Waals surface area contributed by atoms with Gasteiger partial charge in [-0.1, -0.05) is 206 Å². The molecule has 0 aromatic rings. The second kappa shape index (κ2) is 37.1. The molecular weight excluding hydrogens is 514 g/mol. The van der Waals surface area contributed by atoms with Crippen molar-refractivity contribution < 1.29 is 10.2 Å². The topological polar surface area (TPSA) is 43.7 Å². The summed E-state index contributed by atoms with van der Waals surface area (Å²) in [4.78, 5) is 2.41. The Hall–Kier alpha value is -0.120. The number of rotatable bonds is 37. The van der Waals surface area contributed by atoms with Crippen molar-refractivity contribution in [3.8, 4) is 0 Å². The van der Waals surface area contributed by atoms with Crippen molar-refractivity contribution in [3.63, 3.8) is 0 Å². The van der Waals surface area contributed by atoms with Crippen molar-refractivity contribution >= 4 is 0 Å². The van der Waals surface area contributed by atoms with Gasteiger partial charge in [0.1, 0.15) is 0 Å². The summed E-state index contributed by atoms with van der Waals surface area (Å²) in [7, 11) is 0. The minimum absolute atomic E-state index is 0.117. The zero-order chi connectivity index (χ0) is 30.6. The third-order valence-corrected chi connectivity index (χ3v) is 9.34.